The minimum Gasteiger partial charge on any atom is -0.399 e. The Balaban J connectivity index is 2.46. The molecule has 0 atom stereocenters. The molecule has 100 valence electrons. The van der Waals surface area contributed by atoms with Crippen molar-refractivity contribution in [3.63, 3.8) is 0 Å². The SMILES string of the molecule is Cc1cc(N)cc(S(=O)(=O)N2CCOCC2)c1F. The van der Waals surface area contributed by atoms with Gasteiger partial charge in [-0.3, -0.25) is 0 Å². The zero-order valence-electron chi connectivity index (χ0n) is 10.0. The lowest BCUT2D eigenvalue weighted by molar-refractivity contribution is 0.0729. The number of benzene rings is 1. The highest BCUT2D eigenvalue weighted by molar-refractivity contribution is 7.89. The van der Waals surface area contributed by atoms with Gasteiger partial charge in [-0.25, -0.2) is 12.8 Å². The third-order valence-corrected chi connectivity index (χ3v) is 4.73. The number of hydrogen-bond acceptors (Lipinski definition) is 4. The van der Waals surface area contributed by atoms with E-state index in [2.05, 4.69) is 0 Å². The molecule has 0 aromatic heterocycles. The highest BCUT2D eigenvalue weighted by atomic mass is 32.2. The fraction of sp³-hybridized carbons (Fsp3) is 0.455. The molecule has 18 heavy (non-hydrogen) atoms. The zero-order valence-corrected chi connectivity index (χ0v) is 10.8. The Morgan fingerprint density at radius 3 is 2.56 bits per heavy atom. The topological polar surface area (TPSA) is 72.6 Å². The van der Waals surface area contributed by atoms with Crippen molar-refractivity contribution in [1.29, 1.82) is 0 Å². The van der Waals surface area contributed by atoms with E-state index < -0.39 is 15.8 Å². The van der Waals surface area contributed by atoms with Crippen molar-refractivity contribution >= 4 is 15.7 Å². The molecule has 1 saturated heterocycles. The van der Waals surface area contributed by atoms with Crippen LogP contribution in [0.4, 0.5) is 10.1 Å². The molecule has 1 aliphatic rings. The van der Waals surface area contributed by atoms with Gasteiger partial charge in [-0.1, -0.05) is 0 Å². The maximum Gasteiger partial charge on any atom is 0.246 e. The number of anilines is 1. The first-order chi connectivity index (χ1) is 8.43. The highest BCUT2D eigenvalue weighted by Gasteiger charge is 2.29. The summed E-state index contributed by atoms with van der Waals surface area (Å²) in [5.74, 6) is -0.740. The minimum absolute atomic E-state index is 0.224. The van der Waals surface area contributed by atoms with Crippen molar-refractivity contribution < 1.29 is 17.5 Å². The summed E-state index contributed by atoms with van der Waals surface area (Å²) >= 11 is 0. The fourth-order valence-corrected chi connectivity index (χ4v) is 3.46. The Hall–Kier alpha value is -1.18. The van der Waals surface area contributed by atoms with E-state index in [0.717, 1.165) is 6.07 Å². The number of morpholine rings is 1. The van der Waals surface area contributed by atoms with Crippen molar-refractivity contribution in [3.8, 4) is 0 Å². The van der Waals surface area contributed by atoms with Crippen LogP contribution >= 0.6 is 0 Å². The van der Waals surface area contributed by atoms with Crippen LogP contribution in [-0.2, 0) is 14.8 Å². The van der Waals surface area contributed by atoms with Crippen LogP contribution in [0.5, 0.6) is 0 Å². The van der Waals surface area contributed by atoms with Gasteiger partial charge in [0.2, 0.25) is 10.0 Å². The number of nitrogen functional groups attached to an aromatic ring is 1. The molecular formula is C11H15FN2O3S. The normalized spacial score (nSPS) is 17.9. The molecule has 0 unspecified atom stereocenters. The van der Waals surface area contributed by atoms with Gasteiger partial charge in [-0.05, 0) is 24.6 Å². The zero-order chi connectivity index (χ0) is 13.3. The number of rotatable bonds is 2. The van der Waals surface area contributed by atoms with Gasteiger partial charge in [0.25, 0.3) is 0 Å². The van der Waals surface area contributed by atoms with Crippen LogP contribution in [0.1, 0.15) is 5.56 Å². The second-order valence-electron chi connectivity index (χ2n) is 4.17. The van der Waals surface area contributed by atoms with E-state index in [4.69, 9.17) is 10.5 Å². The molecule has 0 spiro atoms. The minimum atomic E-state index is -3.84. The molecular weight excluding hydrogens is 259 g/mol. The van der Waals surface area contributed by atoms with Gasteiger partial charge < -0.3 is 10.5 Å². The van der Waals surface area contributed by atoms with Crippen LogP contribution in [0.15, 0.2) is 17.0 Å². The average Bonchev–Trinajstić information content (AvgIpc) is 2.34. The average molecular weight is 274 g/mol. The van der Waals surface area contributed by atoms with Gasteiger partial charge in [-0.15, -0.1) is 0 Å². The molecule has 2 rings (SSSR count). The third-order valence-electron chi connectivity index (χ3n) is 2.83. The highest BCUT2D eigenvalue weighted by Crippen LogP contribution is 2.25. The van der Waals surface area contributed by atoms with Crippen LogP contribution in [0.3, 0.4) is 0 Å². The fourth-order valence-electron chi connectivity index (χ4n) is 1.88. The van der Waals surface area contributed by atoms with Crippen LogP contribution in [-0.4, -0.2) is 39.0 Å². The van der Waals surface area contributed by atoms with E-state index in [1.807, 2.05) is 0 Å². The van der Waals surface area contributed by atoms with Crippen molar-refractivity contribution in [1.82, 2.24) is 4.31 Å². The Morgan fingerprint density at radius 2 is 1.94 bits per heavy atom. The van der Waals surface area contributed by atoms with Gasteiger partial charge in [0.05, 0.1) is 13.2 Å². The van der Waals surface area contributed by atoms with E-state index in [1.54, 1.807) is 0 Å². The van der Waals surface area contributed by atoms with E-state index in [0.29, 0.717) is 13.2 Å². The molecule has 1 fully saturated rings. The smallest absolute Gasteiger partial charge is 0.246 e. The van der Waals surface area contributed by atoms with Gasteiger partial charge in [0, 0.05) is 18.8 Å². The number of hydrogen-bond donors (Lipinski definition) is 1. The maximum atomic E-state index is 13.9. The van der Waals surface area contributed by atoms with Gasteiger partial charge in [0.1, 0.15) is 10.7 Å². The summed E-state index contributed by atoms with van der Waals surface area (Å²) in [5, 5.41) is 0. The van der Waals surface area contributed by atoms with E-state index in [1.165, 1.54) is 17.3 Å². The molecule has 1 aromatic carbocycles. The third kappa shape index (κ3) is 2.33. The molecule has 7 heteroatoms. The number of sulfonamides is 1. The largest absolute Gasteiger partial charge is 0.399 e. The number of halogens is 1. The Labute approximate surface area is 105 Å². The number of aryl methyl sites for hydroxylation is 1. The van der Waals surface area contributed by atoms with Crippen molar-refractivity contribution in [2.24, 2.45) is 0 Å². The standard InChI is InChI=1S/C11H15FN2O3S/c1-8-6-9(13)7-10(11(8)12)18(15,16)14-2-4-17-5-3-14/h6-7H,2-5,13H2,1H3. The Kier molecular flexibility index (Phi) is 3.56. The van der Waals surface area contributed by atoms with Gasteiger partial charge >= 0.3 is 0 Å². The quantitative estimate of drug-likeness (QED) is 0.807. The first kappa shape index (κ1) is 13.3. The van der Waals surface area contributed by atoms with E-state index >= 15 is 0 Å². The monoisotopic (exact) mass is 274 g/mol. The molecule has 2 N–H and O–H groups in total. The van der Waals surface area contributed by atoms with Crippen LogP contribution in [0.25, 0.3) is 0 Å². The molecule has 1 aromatic rings. The van der Waals surface area contributed by atoms with Gasteiger partial charge in [-0.2, -0.15) is 4.31 Å². The molecule has 1 aliphatic heterocycles. The lowest BCUT2D eigenvalue weighted by atomic mass is 10.2. The molecule has 0 bridgehead atoms. The second kappa shape index (κ2) is 4.83. The van der Waals surface area contributed by atoms with Crippen molar-refractivity contribution in [2.45, 2.75) is 11.8 Å². The molecule has 0 aliphatic carbocycles. The predicted octanol–water partition coefficient (Wildman–Crippen LogP) is 0.737. The summed E-state index contributed by atoms with van der Waals surface area (Å²) in [7, 11) is -3.84. The van der Waals surface area contributed by atoms with Crippen molar-refractivity contribution in [2.75, 3.05) is 32.0 Å². The van der Waals surface area contributed by atoms with Crippen molar-refractivity contribution in [3.05, 3.63) is 23.5 Å². The molecule has 1 heterocycles. The lowest BCUT2D eigenvalue weighted by Crippen LogP contribution is -2.41. The Bertz CT molecular complexity index is 554. The van der Waals surface area contributed by atoms with Gasteiger partial charge in [0.15, 0.2) is 0 Å². The maximum absolute atomic E-state index is 13.9. The number of nitrogens with two attached hydrogens (primary N) is 1. The van der Waals surface area contributed by atoms with E-state index in [-0.39, 0.29) is 29.2 Å². The summed E-state index contributed by atoms with van der Waals surface area (Å²) < 4.78 is 44.8. The van der Waals surface area contributed by atoms with Crippen LogP contribution in [0.2, 0.25) is 0 Å². The summed E-state index contributed by atoms with van der Waals surface area (Å²) in [4.78, 5) is -0.359. The molecule has 5 nitrogen and oxygen atoms in total. The summed E-state index contributed by atoms with van der Waals surface area (Å²) in [6.07, 6.45) is 0. The predicted molar refractivity (Wildman–Crippen MR) is 65.1 cm³/mol. The molecule has 0 radical (unpaired) electrons. The number of nitrogens with zero attached hydrogens (tertiary/aromatic N) is 1. The van der Waals surface area contributed by atoms with Crippen LogP contribution in [0, 0.1) is 12.7 Å². The number of ether oxygens (including phenoxy) is 1. The van der Waals surface area contributed by atoms with Crippen LogP contribution < -0.4 is 5.73 Å². The van der Waals surface area contributed by atoms with E-state index in [9.17, 15) is 12.8 Å². The first-order valence-corrected chi connectivity index (χ1v) is 7.00. The second-order valence-corrected chi connectivity index (χ2v) is 6.07. The summed E-state index contributed by atoms with van der Waals surface area (Å²) in [6, 6.07) is 2.57. The summed E-state index contributed by atoms with van der Waals surface area (Å²) in [5.41, 5.74) is 6.04. The molecule has 0 amide bonds. The lowest BCUT2D eigenvalue weighted by Gasteiger charge is -2.26. The first-order valence-electron chi connectivity index (χ1n) is 5.56. The Morgan fingerprint density at radius 1 is 1.33 bits per heavy atom. The molecule has 0 saturated carbocycles. The summed E-state index contributed by atoms with van der Waals surface area (Å²) in [6.45, 7) is 2.60.